The van der Waals surface area contributed by atoms with E-state index in [1.165, 1.54) is 0 Å². The highest BCUT2D eigenvalue weighted by Crippen LogP contribution is 2.13. The van der Waals surface area contributed by atoms with E-state index in [2.05, 4.69) is 9.88 Å². The van der Waals surface area contributed by atoms with Gasteiger partial charge in [-0.15, -0.1) is 0 Å². The van der Waals surface area contributed by atoms with Gasteiger partial charge >= 0.3 is 0 Å². The van der Waals surface area contributed by atoms with Crippen LogP contribution in [0.3, 0.4) is 0 Å². The molecule has 0 N–H and O–H groups in total. The van der Waals surface area contributed by atoms with Crippen molar-refractivity contribution in [3.63, 3.8) is 0 Å². The molecule has 2 rings (SSSR count). The third kappa shape index (κ3) is 1.69. The summed E-state index contributed by atoms with van der Waals surface area (Å²) in [4.78, 5) is 19.3. The standard InChI is InChI=1S/C10H13N3O/c1-12-5-6-13(8-10(12)14)9-3-2-4-11-7-9/h2-4,7H,5-6,8H2,1H3. The van der Waals surface area contributed by atoms with Gasteiger partial charge in [0, 0.05) is 26.3 Å². The number of pyridine rings is 1. The molecule has 0 bridgehead atoms. The number of hydrogen-bond donors (Lipinski definition) is 0. The molecule has 0 aliphatic carbocycles. The number of likely N-dealkylation sites (N-methyl/N-ethyl adjacent to an activating group) is 1. The highest BCUT2D eigenvalue weighted by molar-refractivity contribution is 5.82. The van der Waals surface area contributed by atoms with Crippen LogP contribution in [0.4, 0.5) is 5.69 Å². The Balaban J connectivity index is 2.11. The zero-order valence-corrected chi connectivity index (χ0v) is 8.18. The number of amides is 1. The molecule has 1 aliphatic rings. The first-order chi connectivity index (χ1) is 6.77. The van der Waals surface area contributed by atoms with Crippen LogP contribution in [0, 0.1) is 0 Å². The van der Waals surface area contributed by atoms with Crippen LogP contribution in [0.1, 0.15) is 0 Å². The summed E-state index contributed by atoms with van der Waals surface area (Å²) < 4.78 is 0. The van der Waals surface area contributed by atoms with Crippen LogP contribution in [0.5, 0.6) is 0 Å². The lowest BCUT2D eigenvalue weighted by molar-refractivity contribution is -0.129. The molecule has 0 saturated carbocycles. The molecule has 2 heterocycles. The van der Waals surface area contributed by atoms with Crippen LogP contribution in [0.2, 0.25) is 0 Å². The normalized spacial score (nSPS) is 17.4. The number of carbonyl (C=O) groups is 1. The molecule has 4 heteroatoms. The van der Waals surface area contributed by atoms with Crippen molar-refractivity contribution in [2.45, 2.75) is 0 Å². The van der Waals surface area contributed by atoms with E-state index >= 15 is 0 Å². The van der Waals surface area contributed by atoms with Crippen molar-refractivity contribution in [2.75, 3.05) is 31.6 Å². The summed E-state index contributed by atoms with van der Waals surface area (Å²) in [7, 11) is 1.84. The van der Waals surface area contributed by atoms with Crippen LogP contribution in [-0.2, 0) is 4.79 Å². The first-order valence-electron chi connectivity index (χ1n) is 4.66. The van der Waals surface area contributed by atoms with Gasteiger partial charge in [-0.25, -0.2) is 0 Å². The lowest BCUT2D eigenvalue weighted by Crippen LogP contribution is -2.48. The van der Waals surface area contributed by atoms with Gasteiger partial charge in [0.2, 0.25) is 5.91 Å². The Morgan fingerprint density at radius 1 is 1.43 bits per heavy atom. The lowest BCUT2D eigenvalue weighted by Gasteiger charge is -2.33. The van der Waals surface area contributed by atoms with E-state index in [-0.39, 0.29) is 5.91 Å². The summed E-state index contributed by atoms with van der Waals surface area (Å²) in [5.41, 5.74) is 1.02. The zero-order chi connectivity index (χ0) is 9.97. The van der Waals surface area contributed by atoms with Crippen molar-refractivity contribution in [1.29, 1.82) is 0 Å². The van der Waals surface area contributed by atoms with Gasteiger partial charge in [-0.3, -0.25) is 9.78 Å². The Kier molecular flexibility index (Phi) is 2.35. The highest BCUT2D eigenvalue weighted by atomic mass is 16.2. The number of nitrogens with zero attached hydrogens (tertiary/aromatic N) is 3. The minimum absolute atomic E-state index is 0.167. The van der Waals surface area contributed by atoms with E-state index in [1.54, 1.807) is 17.3 Å². The van der Waals surface area contributed by atoms with Crippen molar-refractivity contribution in [1.82, 2.24) is 9.88 Å². The maximum absolute atomic E-state index is 11.4. The summed E-state index contributed by atoms with van der Waals surface area (Å²) in [5.74, 6) is 0.167. The number of piperazine rings is 1. The summed E-state index contributed by atoms with van der Waals surface area (Å²) in [6.45, 7) is 2.13. The molecule has 1 aliphatic heterocycles. The third-order valence-electron chi connectivity index (χ3n) is 2.47. The number of carbonyl (C=O) groups excluding carboxylic acids is 1. The Labute approximate surface area is 83.2 Å². The van der Waals surface area contributed by atoms with Gasteiger partial charge in [-0.2, -0.15) is 0 Å². The maximum Gasteiger partial charge on any atom is 0.241 e. The van der Waals surface area contributed by atoms with Crippen LogP contribution in [0.25, 0.3) is 0 Å². The molecular formula is C10H13N3O. The monoisotopic (exact) mass is 191 g/mol. The molecular weight excluding hydrogens is 178 g/mol. The fraction of sp³-hybridized carbons (Fsp3) is 0.400. The second kappa shape index (κ2) is 3.65. The fourth-order valence-electron chi connectivity index (χ4n) is 1.52. The zero-order valence-electron chi connectivity index (χ0n) is 8.18. The van der Waals surface area contributed by atoms with Crippen molar-refractivity contribution >= 4 is 11.6 Å². The van der Waals surface area contributed by atoms with Gasteiger partial charge in [-0.1, -0.05) is 0 Å². The number of anilines is 1. The maximum atomic E-state index is 11.4. The Bertz CT molecular complexity index is 325. The molecule has 1 aromatic heterocycles. The molecule has 1 saturated heterocycles. The molecule has 0 radical (unpaired) electrons. The molecule has 0 aromatic carbocycles. The lowest BCUT2D eigenvalue weighted by atomic mass is 10.3. The van der Waals surface area contributed by atoms with Crippen LogP contribution in [-0.4, -0.2) is 42.5 Å². The quantitative estimate of drug-likeness (QED) is 0.643. The number of hydrogen-bond acceptors (Lipinski definition) is 3. The molecule has 0 unspecified atom stereocenters. The predicted molar refractivity (Wildman–Crippen MR) is 54.1 cm³/mol. The summed E-state index contributed by atoms with van der Waals surface area (Å²) >= 11 is 0. The largest absolute Gasteiger partial charge is 0.359 e. The van der Waals surface area contributed by atoms with E-state index in [1.807, 2.05) is 19.2 Å². The van der Waals surface area contributed by atoms with Gasteiger partial charge in [0.05, 0.1) is 18.4 Å². The Morgan fingerprint density at radius 3 is 2.93 bits per heavy atom. The molecule has 1 amide bonds. The average Bonchev–Trinajstić information content (AvgIpc) is 2.23. The van der Waals surface area contributed by atoms with E-state index in [4.69, 9.17) is 0 Å². The van der Waals surface area contributed by atoms with Crippen molar-refractivity contribution in [3.8, 4) is 0 Å². The molecule has 0 spiro atoms. The minimum atomic E-state index is 0.167. The molecule has 4 nitrogen and oxygen atoms in total. The van der Waals surface area contributed by atoms with E-state index < -0.39 is 0 Å². The van der Waals surface area contributed by atoms with E-state index in [0.717, 1.165) is 18.8 Å². The molecule has 1 fully saturated rings. The van der Waals surface area contributed by atoms with Crippen LogP contribution < -0.4 is 4.90 Å². The molecule has 14 heavy (non-hydrogen) atoms. The van der Waals surface area contributed by atoms with Crippen LogP contribution in [0.15, 0.2) is 24.5 Å². The van der Waals surface area contributed by atoms with Crippen molar-refractivity contribution < 1.29 is 4.79 Å². The van der Waals surface area contributed by atoms with Gasteiger partial charge in [0.1, 0.15) is 0 Å². The van der Waals surface area contributed by atoms with Gasteiger partial charge in [-0.05, 0) is 12.1 Å². The van der Waals surface area contributed by atoms with E-state index in [9.17, 15) is 4.79 Å². The first-order valence-corrected chi connectivity index (χ1v) is 4.66. The Hall–Kier alpha value is -1.58. The summed E-state index contributed by atoms with van der Waals surface area (Å²) in [6, 6.07) is 3.86. The summed E-state index contributed by atoms with van der Waals surface area (Å²) in [6.07, 6.45) is 3.53. The SMILES string of the molecule is CN1CCN(c2cccnc2)CC1=O. The average molecular weight is 191 g/mol. The van der Waals surface area contributed by atoms with Crippen molar-refractivity contribution in [2.24, 2.45) is 0 Å². The van der Waals surface area contributed by atoms with Gasteiger partial charge in [0.15, 0.2) is 0 Å². The number of aromatic nitrogens is 1. The summed E-state index contributed by atoms with van der Waals surface area (Å²) in [5, 5.41) is 0. The second-order valence-electron chi connectivity index (χ2n) is 3.45. The second-order valence-corrected chi connectivity index (χ2v) is 3.45. The number of rotatable bonds is 1. The van der Waals surface area contributed by atoms with Crippen LogP contribution >= 0.6 is 0 Å². The van der Waals surface area contributed by atoms with Gasteiger partial charge < -0.3 is 9.80 Å². The molecule has 74 valence electrons. The Morgan fingerprint density at radius 2 is 2.29 bits per heavy atom. The highest BCUT2D eigenvalue weighted by Gasteiger charge is 2.20. The molecule has 1 aromatic rings. The third-order valence-corrected chi connectivity index (χ3v) is 2.47. The predicted octanol–water partition coefficient (Wildman–Crippen LogP) is 0.360. The fourth-order valence-corrected chi connectivity index (χ4v) is 1.52. The van der Waals surface area contributed by atoms with E-state index in [0.29, 0.717) is 6.54 Å². The first kappa shape index (κ1) is 8.99. The van der Waals surface area contributed by atoms with Crippen molar-refractivity contribution in [3.05, 3.63) is 24.5 Å². The van der Waals surface area contributed by atoms with Gasteiger partial charge in [0.25, 0.3) is 0 Å². The minimum Gasteiger partial charge on any atom is -0.359 e. The molecule has 0 atom stereocenters. The topological polar surface area (TPSA) is 36.4 Å². The smallest absolute Gasteiger partial charge is 0.241 e.